The monoisotopic (exact) mass is 351 g/mol. The third kappa shape index (κ3) is 3.54. The fraction of sp³-hybridized carbons (Fsp3) is 0.267. The van der Waals surface area contributed by atoms with Crippen LogP contribution < -0.4 is 0 Å². The summed E-state index contributed by atoms with van der Waals surface area (Å²) in [5.74, 6) is -2.13. The Hall–Kier alpha value is -1.90. The fourth-order valence-electron chi connectivity index (χ4n) is 2.23. The summed E-state index contributed by atoms with van der Waals surface area (Å²) in [4.78, 5) is 28.9. The Balaban J connectivity index is 1.93. The van der Waals surface area contributed by atoms with Gasteiger partial charge in [0, 0.05) is 33.0 Å². The summed E-state index contributed by atoms with van der Waals surface area (Å²) in [6.07, 6.45) is 3.77. The number of nitrogens with zero attached hydrogens (tertiary/aromatic N) is 1. The number of aliphatic carboxylic acids is 2. The number of hydrogen-bond acceptors (Lipinski definition) is 6. The van der Waals surface area contributed by atoms with Crippen molar-refractivity contribution in [2.24, 2.45) is 4.99 Å². The van der Waals surface area contributed by atoms with E-state index in [4.69, 9.17) is 9.84 Å². The number of rotatable bonds is 3. The first kappa shape index (κ1) is 16.0. The number of carbonyl (C=O) groups is 2. The molecule has 3 heterocycles. The van der Waals surface area contributed by atoms with E-state index in [0.29, 0.717) is 18.1 Å². The Labute approximate surface area is 140 Å². The predicted molar refractivity (Wildman–Crippen MR) is 88.9 cm³/mol. The largest absolute Gasteiger partial charge is 0.478 e. The molecule has 0 radical (unpaired) electrons. The molecule has 1 aromatic heterocycles. The van der Waals surface area contributed by atoms with Crippen LogP contribution in [0.25, 0.3) is 6.08 Å². The van der Waals surface area contributed by atoms with E-state index in [1.165, 1.54) is 16.6 Å². The van der Waals surface area contributed by atoms with E-state index in [2.05, 4.69) is 4.99 Å². The number of carboxylic acids is 2. The molecule has 2 aliphatic rings. The molecule has 8 heteroatoms. The number of ether oxygens (including phenoxy) is 1. The minimum atomic E-state index is -1.14. The van der Waals surface area contributed by atoms with Crippen LogP contribution >= 0.6 is 23.1 Å². The summed E-state index contributed by atoms with van der Waals surface area (Å²) in [5, 5.41) is 18.4. The van der Waals surface area contributed by atoms with Crippen molar-refractivity contribution in [2.75, 3.05) is 12.4 Å². The van der Waals surface area contributed by atoms with Crippen LogP contribution in [0.2, 0.25) is 0 Å². The average Bonchev–Trinajstić information content (AvgIpc) is 2.78. The van der Waals surface area contributed by atoms with Gasteiger partial charge in [-0.2, -0.15) is 0 Å². The molecule has 2 aliphatic heterocycles. The number of aliphatic imine (C=N–C) groups is 1. The minimum absolute atomic E-state index is 0.00821. The van der Waals surface area contributed by atoms with Gasteiger partial charge in [-0.25, -0.2) is 9.59 Å². The van der Waals surface area contributed by atoms with Crippen LogP contribution in [0.1, 0.15) is 15.3 Å². The first-order valence-corrected chi connectivity index (χ1v) is 8.62. The van der Waals surface area contributed by atoms with Gasteiger partial charge in [0.25, 0.3) is 0 Å². The van der Waals surface area contributed by atoms with E-state index in [-0.39, 0.29) is 17.0 Å². The van der Waals surface area contributed by atoms with Crippen LogP contribution in [-0.4, -0.2) is 40.2 Å². The summed E-state index contributed by atoms with van der Waals surface area (Å²) in [5.41, 5.74) is 1.08. The molecule has 0 aliphatic carbocycles. The van der Waals surface area contributed by atoms with Gasteiger partial charge in [-0.05, 0) is 17.7 Å². The molecule has 0 fully saturated rings. The highest BCUT2D eigenvalue weighted by molar-refractivity contribution is 8.04. The average molecular weight is 351 g/mol. The Morgan fingerprint density at radius 3 is 2.83 bits per heavy atom. The van der Waals surface area contributed by atoms with Crippen LogP contribution in [0.5, 0.6) is 0 Å². The zero-order valence-corrected chi connectivity index (χ0v) is 13.6. The van der Waals surface area contributed by atoms with E-state index in [0.717, 1.165) is 23.1 Å². The second-order valence-corrected chi connectivity index (χ2v) is 7.11. The quantitative estimate of drug-likeness (QED) is 0.868. The highest BCUT2D eigenvalue weighted by Gasteiger charge is 2.21. The Bertz CT molecular complexity index is 736. The molecule has 0 saturated carbocycles. The normalized spacial score (nSPS) is 19.6. The fourth-order valence-corrected chi connectivity index (χ4v) is 4.40. The number of thioether (sulfide) groups is 1. The molecule has 6 nitrogen and oxygen atoms in total. The van der Waals surface area contributed by atoms with Crippen LogP contribution in [0.15, 0.2) is 27.7 Å². The molecule has 0 spiro atoms. The Kier molecular flexibility index (Phi) is 4.65. The second-order valence-electron chi connectivity index (χ2n) is 4.93. The van der Waals surface area contributed by atoms with Gasteiger partial charge >= 0.3 is 11.9 Å². The van der Waals surface area contributed by atoms with Gasteiger partial charge in [-0.1, -0.05) is 0 Å². The first-order valence-electron chi connectivity index (χ1n) is 6.82. The molecule has 0 bridgehead atoms. The van der Waals surface area contributed by atoms with E-state index >= 15 is 0 Å². The SMILES string of the molecule is O=C(O)C1=CN=C(C(=O)O)CSC1=Cc1cc2c(s1)CCOC2. The van der Waals surface area contributed by atoms with Gasteiger partial charge in [0.05, 0.1) is 18.8 Å². The standard InChI is InChI=1S/C15H13NO5S2/c17-14(18)10-5-16-11(15(19)20)7-22-13(10)4-9-3-8-6-21-2-1-12(8)23-9/h3-5H,1-2,6-7H2,(H,17,18)(H,19,20). The van der Waals surface area contributed by atoms with Crippen LogP contribution in [0, 0.1) is 0 Å². The summed E-state index contributed by atoms with van der Waals surface area (Å²) in [7, 11) is 0. The van der Waals surface area contributed by atoms with Gasteiger partial charge in [0.15, 0.2) is 0 Å². The van der Waals surface area contributed by atoms with Gasteiger partial charge in [-0.3, -0.25) is 4.99 Å². The molecule has 120 valence electrons. The Morgan fingerprint density at radius 2 is 2.13 bits per heavy atom. The van der Waals surface area contributed by atoms with E-state index in [1.54, 1.807) is 17.4 Å². The minimum Gasteiger partial charge on any atom is -0.478 e. The van der Waals surface area contributed by atoms with E-state index in [9.17, 15) is 14.7 Å². The molecule has 23 heavy (non-hydrogen) atoms. The smallest absolute Gasteiger partial charge is 0.351 e. The molecule has 0 saturated heterocycles. The number of fused-ring (bicyclic) bond motifs is 1. The summed E-state index contributed by atoms with van der Waals surface area (Å²) < 4.78 is 5.41. The Morgan fingerprint density at radius 1 is 1.30 bits per heavy atom. The summed E-state index contributed by atoms with van der Waals surface area (Å²) in [6.45, 7) is 1.28. The van der Waals surface area contributed by atoms with Crippen molar-refractivity contribution >= 4 is 46.8 Å². The third-order valence-corrected chi connectivity index (χ3v) is 5.63. The third-order valence-electron chi connectivity index (χ3n) is 3.38. The molecule has 3 rings (SSSR count). The van der Waals surface area contributed by atoms with Gasteiger partial charge in [0.2, 0.25) is 0 Å². The van der Waals surface area contributed by atoms with Crippen molar-refractivity contribution in [2.45, 2.75) is 13.0 Å². The van der Waals surface area contributed by atoms with E-state index in [1.807, 2.05) is 6.07 Å². The lowest BCUT2D eigenvalue weighted by molar-refractivity contribution is -0.132. The molecule has 0 aromatic carbocycles. The van der Waals surface area contributed by atoms with Crippen molar-refractivity contribution in [3.8, 4) is 0 Å². The molecular weight excluding hydrogens is 338 g/mol. The second kappa shape index (κ2) is 6.69. The molecule has 0 atom stereocenters. The maximum Gasteiger partial charge on any atom is 0.351 e. The molecular formula is C15H13NO5S2. The number of thiophene rings is 1. The van der Waals surface area contributed by atoms with E-state index < -0.39 is 11.9 Å². The highest BCUT2D eigenvalue weighted by Crippen LogP contribution is 2.34. The maximum absolute atomic E-state index is 11.4. The van der Waals surface area contributed by atoms with Crippen LogP contribution in [0.4, 0.5) is 0 Å². The molecule has 2 N–H and O–H groups in total. The molecule has 0 unspecified atom stereocenters. The van der Waals surface area contributed by atoms with Crippen molar-refractivity contribution < 1.29 is 24.5 Å². The topological polar surface area (TPSA) is 96.2 Å². The van der Waals surface area contributed by atoms with Crippen molar-refractivity contribution in [3.63, 3.8) is 0 Å². The lowest BCUT2D eigenvalue weighted by Gasteiger charge is -2.10. The maximum atomic E-state index is 11.4. The molecule has 0 amide bonds. The van der Waals surface area contributed by atoms with Crippen LogP contribution in [0.3, 0.4) is 0 Å². The lowest BCUT2D eigenvalue weighted by atomic mass is 10.2. The van der Waals surface area contributed by atoms with Gasteiger partial charge in [-0.15, -0.1) is 23.1 Å². The summed E-state index contributed by atoms with van der Waals surface area (Å²) >= 11 is 2.79. The number of carboxylic acid groups (broad SMARTS) is 2. The summed E-state index contributed by atoms with van der Waals surface area (Å²) in [6, 6.07) is 2.00. The van der Waals surface area contributed by atoms with Crippen molar-refractivity contribution in [1.82, 2.24) is 0 Å². The van der Waals surface area contributed by atoms with Crippen molar-refractivity contribution in [1.29, 1.82) is 0 Å². The highest BCUT2D eigenvalue weighted by atomic mass is 32.2. The number of hydrogen-bond donors (Lipinski definition) is 2. The van der Waals surface area contributed by atoms with Gasteiger partial charge < -0.3 is 14.9 Å². The zero-order chi connectivity index (χ0) is 16.4. The van der Waals surface area contributed by atoms with Crippen molar-refractivity contribution in [3.05, 3.63) is 38.1 Å². The molecule has 1 aromatic rings. The lowest BCUT2D eigenvalue weighted by Crippen LogP contribution is -2.14. The van der Waals surface area contributed by atoms with Gasteiger partial charge in [0.1, 0.15) is 5.71 Å². The van der Waals surface area contributed by atoms with Crippen LogP contribution in [-0.2, 0) is 27.4 Å². The zero-order valence-electron chi connectivity index (χ0n) is 11.9. The predicted octanol–water partition coefficient (Wildman–Crippen LogP) is 2.40. The first-order chi connectivity index (χ1) is 11.0.